The highest BCUT2D eigenvalue weighted by Crippen LogP contribution is 2.37. The van der Waals surface area contributed by atoms with E-state index in [4.69, 9.17) is 0 Å². The molecule has 1 N–H and O–H groups in total. The van der Waals surface area contributed by atoms with Crippen LogP contribution in [0.1, 0.15) is 33.6 Å². The van der Waals surface area contributed by atoms with Crippen molar-refractivity contribution in [1.82, 2.24) is 5.32 Å². The van der Waals surface area contributed by atoms with Crippen LogP contribution in [-0.2, 0) is 4.79 Å². The van der Waals surface area contributed by atoms with Crippen LogP contribution < -0.4 is 5.32 Å². The molecular formula is C11H20BrNO. The standard InChI is InChI=1S/C11H20BrNO/c1-7(2)4-9(12)6-13-11(14)10-5-8(10)3/h7-10H,4-6H2,1-3H3,(H,13,14). The number of rotatable bonds is 5. The van der Waals surface area contributed by atoms with Gasteiger partial charge in [-0.15, -0.1) is 0 Å². The van der Waals surface area contributed by atoms with Crippen LogP contribution in [0.4, 0.5) is 0 Å². The second-order valence-electron chi connectivity index (χ2n) is 4.79. The first-order valence-electron chi connectivity index (χ1n) is 5.42. The van der Waals surface area contributed by atoms with Gasteiger partial charge in [-0.25, -0.2) is 0 Å². The molecule has 0 bridgehead atoms. The summed E-state index contributed by atoms with van der Waals surface area (Å²) in [6.45, 7) is 7.28. The first kappa shape index (κ1) is 12.0. The molecule has 1 rings (SSSR count). The van der Waals surface area contributed by atoms with E-state index in [1.165, 1.54) is 0 Å². The molecule has 0 aromatic carbocycles. The Morgan fingerprint density at radius 3 is 2.57 bits per heavy atom. The number of hydrogen-bond donors (Lipinski definition) is 1. The molecule has 3 unspecified atom stereocenters. The molecule has 82 valence electrons. The van der Waals surface area contributed by atoms with Crippen molar-refractivity contribution in [3.63, 3.8) is 0 Å². The van der Waals surface area contributed by atoms with Crippen LogP contribution in [0, 0.1) is 17.8 Å². The fourth-order valence-corrected chi connectivity index (χ4v) is 2.53. The van der Waals surface area contributed by atoms with Gasteiger partial charge in [-0.1, -0.05) is 36.7 Å². The Kier molecular flexibility index (Phi) is 4.42. The summed E-state index contributed by atoms with van der Waals surface area (Å²) in [6.07, 6.45) is 2.18. The third-order valence-electron chi connectivity index (χ3n) is 2.67. The van der Waals surface area contributed by atoms with Crippen molar-refractivity contribution in [3.05, 3.63) is 0 Å². The van der Waals surface area contributed by atoms with Gasteiger partial charge >= 0.3 is 0 Å². The number of halogens is 1. The summed E-state index contributed by atoms with van der Waals surface area (Å²) in [4.78, 5) is 11.9. The quantitative estimate of drug-likeness (QED) is 0.758. The number of nitrogens with one attached hydrogen (secondary N) is 1. The van der Waals surface area contributed by atoms with Gasteiger partial charge in [-0.3, -0.25) is 4.79 Å². The third kappa shape index (κ3) is 3.99. The number of alkyl halides is 1. The minimum absolute atomic E-state index is 0.241. The van der Waals surface area contributed by atoms with Crippen LogP contribution in [0.2, 0.25) is 0 Å². The zero-order valence-corrected chi connectivity index (χ0v) is 10.8. The summed E-state index contributed by atoms with van der Waals surface area (Å²) in [5, 5.41) is 2.99. The zero-order valence-electron chi connectivity index (χ0n) is 9.22. The predicted molar refractivity (Wildman–Crippen MR) is 62.5 cm³/mol. The lowest BCUT2D eigenvalue weighted by Crippen LogP contribution is -2.31. The van der Waals surface area contributed by atoms with E-state index < -0.39 is 0 Å². The van der Waals surface area contributed by atoms with Crippen molar-refractivity contribution in [3.8, 4) is 0 Å². The van der Waals surface area contributed by atoms with E-state index >= 15 is 0 Å². The molecule has 1 saturated carbocycles. The lowest BCUT2D eigenvalue weighted by Gasteiger charge is -2.13. The lowest BCUT2D eigenvalue weighted by atomic mass is 10.1. The highest BCUT2D eigenvalue weighted by atomic mass is 79.9. The molecule has 0 aliphatic heterocycles. The van der Waals surface area contributed by atoms with Crippen LogP contribution in [0.15, 0.2) is 0 Å². The van der Waals surface area contributed by atoms with Crippen molar-refractivity contribution in [1.29, 1.82) is 0 Å². The third-order valence-corrected chi connectivity index (χ3v) is 3.37. The Hall–Kier alpha value is -0.0500. The highest BCUT2D eigenvalue weighted by molar-refractivity contribution is 9.09. The summed E-state index contributed by atoms with van der Waals surface area (Å²) < 4.78 is 0. The van der Waals surface area contributed by atoms with Gasteiger partial charge in [0.25, 0.3) is 0 Å². The molecule has 0 spiro atoms. The van der Waals surface area contributed by atoms with Crippen LogP contribution in [0.5, 0.6) is 0 Å². The summed E-state index contributed by atoms with van der Waals surface area (Å²) in [5.74, 6) is 1.82. The summed E-state index contributed by atoms with van der Waals surface area (Å²) in [5.41, 5.74) is 0. The summed E-state index contributed by atoms with van der Waals surface area (Å²) in [6, 6.07) is 0. The second kappa shape index (κ2) is 5.15. The molecule has 3 atom stereocenters. The van der Waals surface area contributed by atoms with E-state index in [0.717, 1.165) is 19.4 Å². The van der Waals surface area contributed by atoms with E-state index in [0.29, 0.717) is 22.6 Å². The van der Waals surface area contributed by atoms with Gasteiger partial charge in [-0.05, 0) is 24.7 Å². The van der Waals surface area contributed by atoms with Crippen molar-refractivity contribution in [2.45, 2.75) is 38.4 Å². The van der Waals surface area contributed by atoms with Gasteiger partial charge in [0.15, 0.2) is 0 Å². The van der Waals surface area contributed by atoms with Gasteiger partial charge in [-0.2, -0.15) is 0 Å². The topological polar surface area (TPSA) is 29.1 Å². The molecule has 1 amide bonds. The molecule has 14 heavy (non-hydrogen) atoms. The number of hydrogen-bond acceptors (Lipinski definition) is 1. The molecule has 0 radical (unpaired) electrons. The fourth-order valence-electron chi connectivity index (χ4n) is 1.62. The van der Waals surface area contributed by atoms with Crippen LogP contribution >= 0.6 is 15.9 Å². The van der Waals surface area contributed by atoms with E-state index in [1.807, 2.05) is 0 Å². The molecule has 1 aliphatic rings. The molecule has 0 heterocycles. The first-order valence-corrected chi connectivity index (χ1v) is 6.34. The first-order chi connectivity index (χ1) is 6.50. The maximum Gasteiger partial charge on any atom is 0.223 e. The Balaban J connectivity index is 2.10. The summed E-state index contributed by atoms with van der Waals surface area (Å²) in [7, 11) is 0. The average Bonchev–Trinajstić information content (AvgIpc) is 2.77. The fraction of sp³-hybridized carbons (Fsp3) is 0.909. The van der Waals surface area contributed by atoms with E-state index in [9.17, 15) is 4.79 Å². The monoisotopic (exact) mass is 261 g/mol. The van der Waals surface area contributed by atoms with Crippen LogP contribution in [-0.4, -0.2) is 17.3 Å². The van der Waals surface area contributed by atoms with Crippen molar-refractivity contribution >= 4 is 21.8 Å². The molecule has 0 saturated heterocycles. The Labute approximate surface area is 95.0 Å². The summed E-state index contributed by atoms with van der Waals surface area (Å²) >= 11 is 3.58. The SMILES string of the molecule is CC(C)CC(Br)CNC(=O)C1CC1C. The normalized spacial score (nSPS) is 27.5. The molecule has 1 fully saturated rings. The number of carbonyl (C=O) groups excluding carboxylic acids is 1. The second-order valence-corrected chi connectivity index (χ2v) is 6.09. The van der Waals surface area contributed by atoms with Gasteiger partial charge < -0.3 is 5.32 Å². The van der Waals surface area contributed by atoms with Gasteiger partial charge in [0.2, 0.25) is 5.91 Å². The van der Waals surface area contributed by atoms with E-state index in [1.54, 1.807) is 0 Å². The molecular weight excluding hydrogens is 242 g/mol. The smallest absolute Gasteiger partial charge is 0.223 e. The maximum absolute atomic E-state index is 11.5. The van der Waals surface area contributed by atoms with Crippen LogP contribution in [0.25, 0.3) is 0 Å². The lowest BCUT2D eigenvalue weighted by molar-refractivity contribution is -0.122. The molecule has 1 aliphatic carbocycles. The predicted octanol–water partition coefficient (Wildman–Crippen LogP) is 2.57. The van der Waals surface area contributed by atoms with Crippen molar-refractivity contribution < 1.29 is 4.79 Å². The minimum atomic E-state index is 0.241. The van der Waals surface area contributed by atoms with Gasteiger partial charge in [0, 0.05) is 17.3 Å². The Morgan fingerprint density at radius 2 is 2.14 bits per heavy atom. The maximum atomic E-state index is 11.5. The average molecular weight is 262 g/mol. The van der Waals surface area contributed by atoms with Crippen molar-refractivity contribution in [2.24, 2.45) is 17.8 Å². The van der Waals surface area contributed by atoms with Crippen molar-refractivity contribution in [2.75, 3.05) is 6.54 Å². The Bertz CT molecular complexity index is 205. The molecule has 3 heteroatoms. The largest absolute Gasteiger partial charge is 0.355 e. The van der Waals surface area contributed by atoms with Gasteiger partial charge in [0.1, 0.15) is 0 Å². The minimum Gasteiger partial charge on any atom is -0.355 e. The van der Waals surface area contributed by atoms with E-state index in [-0.39, 0.29) is 5.91 Å². The van der Waals surface area contributed by atoms with Crippen LogP contribution in [0.3, 0.4) is 0 Å². The molecule has 0 aromatic heterocycles. The van der Waals surface area contributed by atoms with Gasteiger partial charge in [0.05, 0.1) is 0 Å². The highest BCUT2D eigenvalue weighted by Gasteiger charge is 2.38. The molecule has 0 aromatic rings. The number of amides is 1. The molecule has 2 nitrogen and oxygen atoms in total. The zero-order chi connectivity index (χ0) is 10.7. The van der Waals surface area contributed by atoms with E-state index in [2.05, 4.69) is 42.0 Å². The Morgan fingerprint density at radius 1 is 1.57 bits per heavy atom. The number of carbonyl (C=O) groups is 1.